The summed E-state index contributed by atoms with van der Waals surface area (Å²) in [4.78, 5) is 27.3. The summed E-state index contributed by atoms with van der Waals surface area (Å²) < 4.78 is 2.02. The van der Waals surface area contributed by atoms with Crippen molar-refractivity contribution >= 4 is 40.4 Å². The SMILES string of the molecule is CCn1c(=C(C#N)C(=O)NCC#N)sc(=CNc2cccc(CCN(C)c3ccccc3)c2)c1=O. The number of para-hydroxylation sites is 1. The maximum Gasteiger partial charge on any atom is 0.270 e. The molecule has 3 rings (SSSR count). The van der Waals surface area contributed by atoms with Gasteiger partial charge in [-0.05, 0) is 43.2 Å². The van der Waals surface area contributed by atoms with Gasteiger partial charge in [0.1, 0.15) is 21.8 Å². The van der Waals surface area contributed by atoms with Crippen molar-refractivity contribution in [3.8, 4) is 12.1 Å². The van der Waals surface area contributed by atoms with Crippen LogP contribution in [0.15, 0.2) is 59.4 Å². The van der Waals surface area contributed by atoms with Crippen LogP contribution >= 0.6 is 11.3 Å². The largest absolute Gasteiger partial charge is 0.374 e. The van der Waals surface area contributed by atoms with Gasteiger partial charge < -0.3 is 15.5 Å². The van der Waals surface area contributed by atoms with E-state index in [9.17, 15) is 14.9 Å². The number of aromatic nitrogens is 1. The molecule has 0 atom stereocenters. The number of nitrogens with zero attached hydrogens (tertiary/aromatic N) is 4. The van der Waals surface area contributed by atoms with Gasteiger partial charge in [0, 0.05) is 37.7 Å². The van der Waals surface area contributed by atoms with Crippen molar-refractivity contribution in [2.24, 2.45) is 0 Å². The van der Waals surface area contributed by atoms with E-state index in [-0.39, 0.29) is 22.3 Å². The molecule has 0 fully saturated rings. The molecule has 9 heteroatoms. The smallest absolute Gasteiger partial charge is 0.270 e. The van der Waals surface area contributed by atoms with Gasteiger partial charge in [-0.1, -0.05) is 30.3 Å². The van der Waals surface area contributed by atoms with Crippen LogP contribution in [-0.2, 0) is 17.8 Å². The maximum absolute atomic E-state index is 12.9. The van der Waals surface area contributed by atoms with E-state index in [0.29, 0.717) is 11.1 Å². The normalized spacial score (nSPS) is 11.8. The van der Waals surface area contributed by atoms with Crippen LogP contribution in [-0.4, -0.2) is 30.6 Å². The highest BCUT2D eigenvalue weighted by atomic mass is 32.1. The van der Waals surface area contributed by atoms with Crippen molar-refractivity contribution in [1.82, 2.24) is 9.88 Å². The molecule has 8 nitrogen and oxygen atoms in total. The van der Waals surface area contributed by atoms with Gasteiger partial charge in [-0.15, -0.1) is 11.3 Å². The molecule has 0 saturated carbocycles. The minimum absolute atomic E-state index is 0.187. The second-order valence-electron chi connectivity index (χ2n) is 7.64. The van der Waals surface area contributed by atoms with Gasteiger partial charge in [-0.2, -0.15) is 10.5 Å². The van der Waals surface area contributed by atoms with Crippen LogP contribution in [0.4, 0.5) is 11.4 Å². The zero-order valence-corrected chi connectivity index (χ0v) is 20.4. The molecule has 3 aromatic rings. The first-order valence-corrected chi connectivity index (χ1v) is 11.9. The Balaban J connectivity index is 1.82. The lowest BCUT2D eigenvalue weighted by Crippen LogP contribution is -2.34. The molecule has 1 aromatic heterocycles. The van der Waals surface area contributed by atoms with Crippen LogP contribution in [0.5, 0.6) is 0 Å². The highest BCUT2D eigenvalue weighted by molar-refractivity contribution is 7.07. The molecule has 1 amide bonds. The Morgan fingerprint density at radius 1 is 1.17 bits per heavy atom. The quantitative estimate of drug-likeness (QED) is 0.446. The number of benzene rings is 2. The zero-order chi connectivity index (χ0) is 25.2. The first kappa shape index (κ1) is 25.3. The average molecular weight is 487 g/mol. The molecular formula is C26H26N6O2S. The summed E-state index contributed by atoms with van der Waals surface area (Å²) in [5.41, 5.74) is 2.66. The second-order valence-corrected chi connectivity index (χ2v) is 8.68. The molecule has 2 N–H and O–H groups in total. The Kier molecular flexibility index (Phi) is 8.82. The molecular weight excluding hydrogens is 460 g/mol. The Morgan fingerprint density at radius 3 is 2.63 bits per heavy atom. The van der Waals surface area contributed by atoms with Crippen LogP contribution in [0.2, 0.25) is 0 Å². The minimum atomic E-state index is -0.676. The van der Waals surface area contributed by atoms with E-state index in [0.717, 1.165) is 41.2 Å². The monoisotopic (exact) mass is 486 g/mol. The summed E-state index contributed by atoms with van der Waals surface area (Å²) in [7, 11) is 2.06. The Morgan fingerprint density at radius 2 is 1.94 bits per heavy atom. The molecule has 0 saturated heterocycles. The number of nitriles is 2. The lowest BCUT2D eigenvalue weighted by Gasteiger charge is -2.19. The summed E-state index contributed by atoms with van der Waals surface area (Å²) in [6, 6.07) is 21.8. The van der Waals surface area contributed by atoms with Gasteiger partial charge in [0.2, 0.25) is 0 Å². The number of hydrogen-bond acceptors (Lipinski definition) is 7. The standard InChI is InChI=1S/C26H26N6O2S/c1-3-32-25(34)23(35-26(32)22(17-28)24(33)29-14-13-27)18-30-20-9-7-8-19(16-20)12-15-31(2)21-10-5-4-6-11-21/h4-11,16,18,30H,3,12,14-15H2,1-2H3,(H,29,33). The van der Waals surface area contributed by atoms with E-state index in [4.69, 9.17) is 5.26 Å². The summed E-state index contributed by atoms with van der Waals surface area (Å²) in [6.45, 7) is 2.71. The molecule has 2 aromatic carbocycles. The first-order valence-electron chi connectivity index (χ1n) is 11.1. The van der Waals surface area contributed by atoms with Gasteiger partial charge in [0.15, 0.2) is 5.57 Å². The van der Waals surface area contributed by atoms with Gasteiger partial charge in [0.05, 0.1) is 6.07 Å². The Bertz CT molecular complexity index is 1440. The van der Waals surface area contributed by atoms with E-state index in [1.807, 2.05) is 42.5 Å². The average Bonchev–Trinajstić information content (AvgIpc) is 3.20. The van der Waals surface area contributed by atoms with Crippen molar-refractivity contribution in [1.29, 1.82) is 10.5 Å². The topological polar surface area (TPSA) is 114 Å². The van der Waals surface area contributed by atoms with Crippen molar-refractivity contribution in [2.45, 2.75) is 19.9 Å². The lowest BCUT2D eigenvalue weighted by atomic mass is 10.1. The molecule has 1 heterocycles. The van der Waals surface area contributed by atoms with Crippen LogP contribution in [0.3, 0.4) is 0 Å². The van der Waals surface area contributed by atoms with Crippen LogP contribution in [0, 0.1) is 22.7 Å². The highest BCUT2D eigenvalue weighted by Crippen LogP contribution is 2.14. The number of carbonyl (C=O) groups excluding carboxylic acids is 1. The molecule has 0 spiro atoms. The lowest BCUT2D eigenvalue weighted by molar-refractivity contribution is -0.115. The molecule has 0 radical (unpaired) electrons. The third-order valence-electron chi connectivity index (χ3n) is 5.33. The molecule has 35 heavy (non-hydrogen) atoms. The number of hydrogen-bond donors (Lipinski definition) is 2. The Hall–Kier alpha value is -4.34. The summed E-state index contributed by atoms with van der Waals surface area (Å²) in [5.74, 6) is -0.676. The second kappa shape index (κ2) is 12.2. The van der Waals surface area contributed by atoms with Crippen molar-refractivity contribution in [3.63, 3.8) is 0 Å². The van der Waals surface area contributed by atoms with Crippen LogP contribution in [0.1, 0.15) is 12.5 Å². The third-order valence-corrected chi connectivity index (χ3v) is 6.46. The fourth-order valence-electron chi connectivity index (χ4n) is 3.47. The van der Waals surface area contributed by atoms with Gasteiger partial charge in [-0.3, -0.25) is 14.2 Å². The summed E-state index contributed by atoms with van der Waals surface area (Å²) in [5, 5.41) is 23.7. The van der Waals surface area contributed by atoms with E-state index in [1.54, 1.807) is 19.2 Å². The van der Waals surface area contributed by atoms with Gasteiger partial charge in [-0.25, -0.2) is 0 Å². The summed E-state index contributed by atoms with van der Waals surface area (Å²) in [6.07, 6.45) is 2.45. The predicted octanol–water partition coefficient (Wildman–Crippen LogP) is 1.77. The minimum Gasteiger partial charge on any atom is -0.374 e. The number of likely N-dealkylation sites (N-methyl/N-ethyl adjacent to an activating group) is 1. The van der Waals surface area contributed by atoms with E-state index >= 15 is 0 Å². The number of carbonyl (C=O) groups is 1. The fraction of sp³-hybridized carbons (Fsp3) is 0.231. The Labute approximate surface area is 207 Å². The van der Waals surface area contributed by atoms with Crippen molar-refractivity contribution in [3.05, 3.63) is 79.7 Å². The number of anilines is 2. The molecule has 0 unspecified atom stereocenters. The van der Waals surface area contributed by atoms with Crippen LogP contribution in [0.25, 0.3) is 11.8 Å². The van der Waals surface area contributed by atoms with Crippen LogP contribution < -0.4 is 30.3 Å². The first-order chi connectivity index (χ1) is 17.0. The number of thiazole rings is 1. The van der Waals surface area contributed by atoms with Crippen molar-refractivity contribution < 1.29 is 4.79 Å². The molecule has 0 bridgehead atoms. The van der Waals surface area contributed by atoms with E-state index in [2.05, 4.69) is 40.8 Å². The maximum atomic E-state index is 12.9. The summed E-state index contributed by atoms with van der Waals surface area (Å²) >= 11 is 1.06. The zero-order valence-electron chi connectivity index (χ0n) is 19.6. The fourth-order valence-corrected chi connectivity index (χ4v) is 4.56. The number of amides is 1. The van der Waals surface area contributed by atoms with E-state index < -0.39 is 5.91 Å². The predicted molar refractivity (Wildman–Crippen MR) is 139 cm³/mol. The highest BCUT2D eigenvalue weighted by Gasteiger charge is 2.14. The molecule has 0 aliphatic heterocycles. The molecule has 178 valence electrons. The van der Waals surface area contributed by atoms with Gasteiger partial charge in [0.25, 0.3) is 11.5 Å². The van der Waals surface area contributed by atoms with Gasteiger partial charge >= 0.3 is 0 Å². The molecule has 0 aliphatic carbocycles. The van der Waals surface area contributed by atoms with Crippen molar-refractivity contribution in [2.75, 3.05) is 30.4 Å². The van der Waals surface area contributed by atoms with E-state index in [1.165, 1.54) is 4.57 Å². The third kappa shape index (κ3) is 6.38. The molecule has 0 aliphatic rings. The number of nitrogens with one attached hydrogen (secondary N) is 2. The number of rotatable bonds is 9.